The molecule has 2 saturated heterocycles. The van der Waals surface area contributed by atoms with Gasteiger partial charge in [0.1, 0.15) is 4.90 Å². The Labute approximate surface area is 202 Å². The molecule has 0 spiro atoms. The van der Waals surface area contributed by atoms with Crippen molar-refractivity contribution in [2.45, 2.75) is 29.1 Å². The first-order valence-electron chi connectivity index (χ1n) is 11.2. The van der Waals surface area contributed by atoms with Crippen molar-refractivity contribution < 1.29 is 31.7 Å². The largest absolute Gasteiger partial charge is 0.504 e. The minimum absolute atomic E-state index is 0.0331. The Morgan fingerprint density at radius 3 is 2.00 bits per heavy atom. The molecule has 2 N–H and O–H groups in total. The molecule has 2 fully saturated rings. The molecule has 14 heteroatoms. The van der Waals surface area contributed by atoms with E-state index in [1.165, 1.54) is 16.4 Å². The molecule has 0 bridgehead atoms. The second kappa shape index (κ2) is 8.93. The van der Waals surface area contributed by atoms with Gasteiger partial charge >= 0.3 is 0 Å². The van der Waals surface area contributed by atoms with Gasteiger partial charge in [0.15, 0.2) is 22.5 Å². The molecule has 0 atom stereocenters. The monoisotopic (exact) mass is 523 g/mol. The number of phenolic OH excluding ortho intramolecular Hbond substituents is 2. The maximum Gasteiger partial charge on any atom is 0.245 e. The summed E-state index contributed by atoms with van der Waals surface area (Å²) in [5.41, 5.74) is 1.33. The number of rotatable bonds is 5. The van der Waals surface area contributed by atoms with Gasteiger partial charge in [-0.1, -0.05) is 0 Å². The first-order valence-corrected chi connectivity index (χ1v) is 14.1. The summed E-state index contributed by atoms with van der Waals surface area (Å²) in [6.07, 6.45) is 3.24. The van der Waals surface area contributed by atoms with Crippen molar-refractivity contribution in [1.82, 2.24) is 18.9 Å². The van der Waals surface area contributed by atoms with Gasteiger partial charge in [-0.25, -0.2) is 21.5 Å². The topological polar surface area (TPSA) is 157 Å². The number of aromatic nitrogens is 2. The van der Waals surface area contributed by atoms with Crippen LogP contribution >= 0.6 is 0 Å². The zero-order valence-electron chi connectivity index (χ0n) is 18.7. The van der Waals surface area contributed by atoms with Gasteiger partial charge in [-0.05, 0) is 53.8 Å². The van der Waals surface area contributed by atoms with Gasteiger partial charge in [-0.3, -0.25) is 0 Å². The number of aromatic hydroxyl groups is 2. The molecule has 1 aromatic heterocycles. The Balaban J connectivity index is 1.37. The minimum atomic E-state index is -3.99. The van der Waals surface area contributed by atoms with Crippen LogP contribution in [0.25, 0.3) is 11.0 Å². The highest BCUT2D eigenvalue weighted by molar-refractivity contribution is 7.89. The van der Waals surface area contributed by atoms with Crippen molar-refractivity contribution in [3.8, 4) is 11.5 Å². The number of piperidine rings is 1. The van der Waals surface area contributed by atoms with E-state index < -0.39 is 31.5 Å². The van der Waals surface area contributed by atoms with E-state index in [0.717, 1.165) is 54.5 Å². The van der Waals surface area contributed by atoms with E-state index in [0.29, 0.717) is 5.52 Å². The maximum absolute atomic E-state index is 13.5. The molecule has 188 valence electrons. The van der Waals surface area contributed by atoms with Crippen molar-refractivity contribution >= 4 is 36.8 Å². The molecule has 5 rings (SSSR count). The molecule has 0 unspecified atom stereocenters. The maximum atomic E-state index is 13.5. The molecule has 0 amide bonds. The third kappa shape index (κ3) is 4.20. The standard InChI is InChI=1S/C21H25N5O7S2/c27-17-6-4-15(14-18(17)28)34(29,30)25-10-12-26(13-11-25)35(31,32)19-7-5-16(20-21(19)23-33-22-20)24-8-2-1-3-9-24/h4-7,14,27-28H,1-3,8-13H2. The van der Waals surface area contributed by atoms with Gasteiger partial charge in [0.2, 0.25) is 20.0 Å². The Bertz CT molecular complexity index is 1460. The number of sulfonamides is 2. The van der Waals surface area contributed by atoms with Gasteiger partial charge < -0.3 is 15.1 Å². The Hall–Kier alpha value is -2.94. The van der Waals surface area contributed by atoms with Gasteiger partial charge in [0.25, 0.3) is 0 Å². The fourth-order valence-electron chi connectivity index (χ4n) is 4.53. The molecule has 3 aromatic rings. The van der Waals surface area contributed by atoms with E-state index >= 15 is 0 Å². The lowest BCUT2D eigenvalue weighted by molar-refractivity contribution is 0.272. The zero-order chi connectivity index (χ0) is 24.8. The first-order chi connectivity index (χ1) is 16.7. The third-order valence-electron chi connectivity index (χ3n) is 6.45. The van der Waals surface area contributed by atoms with Crippen LogP contribution < -0.4 is 4.90 Å². The highest BCUT2D eigenvalue weighted by Crippen LogP contribution is 2.33. The fraction of sp³-hybridized carbons (Fsp3) is 0.429. The third-order valence-corrected chi connectivity index (χ3v) is 10.3. The average molecular weight is 524 g/mol. The van der Waals surface area contributed by atoms with Gasteiger partial charge in [-0.15, -0.1) is 0 Å². The molecule has 0 radical (unpaired) electrons. The van der Waals surface area contributed by atoms with Crippen LogP contribution in [0.2, 0.25) is 0 Å². The van der Waals surface area contributed by atoms with Gasteiger partial charge in [-0.2, -0.15) is 8.61 Å². The molecule has 3 heterocycles. The Morgan fingerprint density at radius 1 is 0.714 bits per heavy atom. The number of benzene rings is 2. The molecular formula is C21H25N5O7S2. The number of hydrogen-bond acceptors (Lipinski definition) is 10. The number of hydrogen-bond donors (Lipinski definition) is 2. The number of nitrogens with zero attached hydrogens (tertiary/aromatic N) is 5. The van der Waals surface area contributed by atoms with Crippen LogP contribution in [0.5, 0.6) is 11.5 Å². The normalized spacial score (nSPS) is 18.8. The summed E-state index contributed by atoms with van der Waals surface area (Å²) in [4.78, 5) is 1.93. The second-order valence-electron chi connectivity index (χ2n) is 8.55. The van der Waals surface area contributed by atoms with E-state index in [-0.39, 0.29) is 41.5 Å². The minimum Gasteiger partial charge on any atom is -0.504 e. The molecule has 35 heavy (non-hydrogen) atoms. The number of phenols is 2. The molecular weight excluding hydrogens is 498 g/mol. The summed E-state index contributed by atoms with van der Waals surface area (Å²) < 4.78 is 60.1. The molecule has 0 saturated carbocycles. The Kier molecular flexibility index (Phi) is 6.07. The van der Waals surface area contributed by atoms with E-state index in [4.69, 9.17) is 4.63 Å². The van der Waals surface area contributed by atoms with Crippen LogP contribution in [-0.2, 0) is 20.0 Å². The molecule has 12 nitrogen and oxygen atoms in total. The van der Waals surface area contributed by atoms with Crippen LogP contribution in [0, 0.1) is 0 Å². The van der Waals surface area contributed by atoms with Crippen molar-refractivity contribution in [3.63, 3.8) is 0 Å². The SMILES string of the molecule is O=S(=O)(c1ccc(O)c(O)c1)N1CCN(S(=O)(=O)c2ccc(N3CCCCC3)c3nonc23)CC1. The first kappa shape index (κ1) is 23.8. The zero-order valence-corrected chi connectivity index (χ0v) is 20.4. The summed E-state index contributed by atoms with van der Waals surface area (Å²) in [5, 5.41) is 27.0. The number of piperazine rings is 1. The van der Waals surface area contributed by atoms with Crippen molar-refractivity contribution in [3.05, 3.63) is 30.3 Å². The Morgan fingerprint density at radius 2 is 1.34 bits per heavy atom. The van der Waals surface area contributed by atoms with Crippen LogP contribution in [0.15, 0.2) is 44.8 Å². The summed E-state index contributed by atoms with van der Waals surface area (Å²) in [7, 11) is -7.97. The van der Waals surface area contributed by atoms with Gasteiger partial charge in [0, 0.05) is 45.3 Å². The van der Waals surface area contributed by atoms with E-state index in [9.17, 15) is 27.0 Å². The lowest BCUT2D eigenvalue weighted by Crippen LogP contribution is -2.50. The summed E-state index contributed by atoms with van der Waals surface area (Å²) in [6.45, 7) is 1.43. The summed E-state index contributed by atoms with van der Waals surface area (Å²) >= 11 is 0. The predicted octanol–water partition coefficient (Wildman–Crippen LogP) is 1.32. The van der Waals surface area contributed by atoms with Gasteiger partial charge in [0.05, 0.1) is 10.6 Å². The molecule has 2 aliphatic rings. The van der Waals surface area contributed by atoms with E-state index in [2.05, 4.69) is 15.2 Å². The van der Waals surface area contributed by atoms with Crippen LogP contribution in [0.4, 0.5) is 5.69 Å². The van der Waals surface area contributed by atoms with Crippen LogP contribution in [-0.4, -0.2) is 85.2 Å². The number of fused-ring (bicyclic) bond motifs is 1. The summed E-state index contributed by atoms with van der Waals surface area (Å²) in [5.74, 6) is -0.981. The average Bonchev–Trinajstić information content (AvgIpc) is 3.35. The molecule has 2 aromatic carbocycles. The lowest BCUT2D eigenvalue weighted by Gasteiger charge is -2.33. The predicted molar refractivity (Wildman–Crippen MR) is 125 cm³/mol. The summed E-state index contributed by atoms with van der Waals surface area (Å²) in [6, 6.07) is 6.47. The van der Waals surface area contributed by atoms with E-state index in [1.807, 2.05) is 0 Å². The molecule has 0 aliphatic carbocycles. The van der Waals surface area contributed by atoms with E-state index in [1.54, 1.807) is 6.07 Å². The second-order valence-corrected chi connectivity index (χ2v) is 12.4. The molecule has 2 aliphatic heterocycles. The van der Waals surface area contributed by atoms with Crippen LogP contribution in [0.3, 0.4) is 0 Å². The van der Waals surface area contributed by atoms with Crippen molar-refractivity contribution in [1.29, 1.82) is 0 Å². The van der Waals surface area contributed by atoms with Crippen molar-refractivity contribution in [2.75, 3.05) is 44.2 Å². The quantitative estimate of drug-likeness (QED) is 0.467. The number of anilines is 1. The van der Waals surface area contributed by atoms with Crippen LogP contribution in [0.1, 0.15) is 19.3 Å². The fourth-order valence-corrected chi connectivity index (χ4v) is 7.51. The smallest absolute Gasteiger partial charge is 0.245 e. The lowest BCUT2D eigenvalue weighted by atomic mass is 10.1. The van der Waals surface area contributed by atoms with Crippen molar-refractivity contribution in [2.24, 2.45) is 0 Å². The highest BCUT2D eigenvalue weighted by atomic mass is 32.2. The highest BCUT2D eigenvalue weighted by Gasteiger charge is 2.36.